The van der Waals surface area contributed by atoms with Crippen LogP contribution in [-0.2, 0) is 10.9 Å². The summed E-state index contributed by atoms with van der Waals surface area (Å²) >= 11 is 0. The van der Waals surface area contributed by atoms with Crippen molar-refractivity contribution in [3.8, 4) is 5.75 Å². The maximum absolute atomic E-state index is 13.6. The molecule has 1 fully saturated rings. The van der Waals surface area contributed by atoms with E-state index in [0.29, 0.717) is 30.8 Å². The Morgan fingerprint density at radius 2 is 1.93 bits per heavy atom. The average Bonchev–Trinajstić information content (AvgIpc) is 3.29. The highest BCUT2D eigenvalue weighted by Crippen LogP contribution is 2.38. The first kappa shape index (κ1) is 24.2. The zero-order chi connectivity index (χ0) is 22.0. The van der Waals surface area contributed by atoms with Crippen LogP contribution in [0.15, 0.2) is 29.3 Å². The van der Waals surface area contributed by atoms with Crippen molar-refractivity contribution in [2.75, 3.05) is 33.4 Å². The van der Waals surface area contributed by atoms with Crippen LogP contribution in [0.4, 0.5) is 13.2 Å². The lowest BCUT2D eigenvalue weighted by Crippen LogP contribution is -2.41. The van der Waals surface area contributed by atoms with E-state index in [9.17, 15) is 13.2 Å². The lowest BCUT2D eigenvalue weighted by molar-refractivity contribution is -0.139. The first-order valence-corrected chi connectivity index (χ1v) is 10.6. The van der Waals surface area contributed by atoms with Gasteiger partial charge in [-0.15, -0.1) is 0 Å². The van der Waals surface area contributed by atoms with Crippen LogP contribution < -0.4 is 15.4 Å². The fourth-order valence-electron chi connectivity index (χ4n) is 3.34. The number of rotatable bonds is 8. The van der Waals surface area contributed by atoms with Gasteiger partial charge in [0.15, 0.2) is 0 Å². The number of aliphatic imine (C=N–C) groups is 1. The molecule has 2 N–H and O–H groups in total. The standard InChI is InChI=1S/C20H26F3N3O2.C2H6/c1-27-11-2-3-12-28-18-7-6-14(13-15(18)20(21,22)23)16-8-10-25-19(26-16)17-5-4-9-24-17;1-2/h6-8,13,17,24H,2-5,9-12H2,1H3,(H,25,26);1-2H3. The fourth-order valence-corrected chi connectivity index (χ4v) is 3.34. The van der Waals surface area contributed by atoms with Crippen molar-refractivity contribution in [1.29, 1.82) is 0 Å². The van der Waals surface area contributed by atoms with Gasteiger partial charge < -0.3 is 20.1 Å². The van der Waals surface area contributed by atoms with Crippen molar-refractivity contribution in [2.24, 2.45) is 4.99 Å². The Bertz CT molecular complexity index is 727. The van der Waals surface area contributed by atoms with Gasteiger partial charge in [-0.1, -0.05) is 13.8 Å². The van der Waals surface area contributed by atoms with Gasteiger partial charge in [-0.05, 0) is 62.1 Å². The highest BCUT2D eigenvalue weighted by molar-refractivity contribution is 5.96. The smallest absolute Gasteiger partial charge is 0.419 e. The van der Waals surface area contributed by atoms with Gasteiger partial charge in [0.25, 0.3) is 0 Å². The van der Waals surface area contributed by atoms with Gasteiger partial charge in [0.05, 0.1) is 24.8 Å². The molecule has 1 atom stereocenters. The maximum atomic E-state index is 13.6. The number of unbranched alkanes of at least 4 members (excludes halogenated alkanes) is 1. The first-order chi connectivity index (χ1) is 14.5. The van der Waals surface area contributed by atoms with E-state index < -0.39 is 11.7 Å². The van der Waals surface area contributed by atoms with Gasteiger partial charge in [-0.2, -0.15) is 13.2 Å². The van der Waals surface area contributed by atoms with Crippen LogP contribution in [0.2, 0.25) is 0 Å². The number of ether oxygens (including phenoxy) is 2. The van der Waals surface area contributed by atoms with Crippen LogP contribution in [0.3, 0.4) is 0 Å². The van der Waals surface area contributed by atoms with Crippen LogP contribution in [0, 0.1) is 0 Å². The Morgan fingerprint density at radius 1 is 1.17 bits per heavy atom. The zero-order valence-corrected chi connectivity index (χ0v) is 17.9. The molecule has 1 aromatic carbocycles. The lowest BCUT2D eigenvalue weighted by atomic mass is 10.0. The van der Waals surface area contributed by atoms with E-state index in [2.05, 4.69) is 15.6 Å². The number of hydrogen-bond acceptors (Lipinski definition) is 5. The summed E-state index contributed by atoms with van der Waals surface area (Å²) in [6.45, 7) is 6.17. The Hall–Kier alpha value is -2.06. The third kappa shape index (κ3) is 6.74. The predicted octanol–water partition coefficient (Wildman–Crippen LogP) is 4.63. The molecule has 0 spiro atoms. The average molecular weight is 428 g/mol. The van der Waals surface area contributed by atoms with E-state index in [0.717, 1.165) is 37.7 Å². The first-order valence-electron chi connectivity index (χ1n) is 10.6. The van der Waals surface area contributed by atoms with E-state index >= 15 is 0 Å². The Kier molecular flexibility index (Phi) is 9.65. The van der Waals surface area contributed by atoms with Crippen LogP contribution >= 0.6 is 0 Å². The number of alkyl halides is 3. The van der Waals surface area contributed by atoms with Crippen molar-refractivity contribution >= 4 is 11.5 Å². The van der Waals surface area contributed by atoms with E-state index in [1.54, 1.807) is 19.3 Å². The summed E-state index contributed by atoms with van der Waals surface area (Å²) in [6.07, 6.45) is 0.732. The predicted molar refractivity (Wildman–Crippen MR) is 114 cm³/mol. The molecule has 3 rings (SSSR count). The van der Waals surface area contributed by atoms with Crippen LogP contribution in [0.25, 0.3) is 5.70 Å². The van der Waals surface area contributed by atoms with Crippen molar-refractivity contribution in [2.45, 2.75) is 51.7 Å². The molecular weight excluding hydrogens is 395 g/mol. The van der Waals surface area contributed by atoms with E-state index in [1.807, 2.05) is 13.8 Å². The fraction of sp³-hybridized carbons (Fsp3) is 0.591. The van der Waals surface area contributed by atoms with Crippen molar-refractivity contribution in [1.82, 2.24) is 10.6 Å². The molecule has 2 aliphatic rings. The molecular formula is C22H32F3N3O2. The van der Waals surface area contributed by atoms with Crippen LogP contribution in [-0.4, -0.2) is 45.3 Å². The minimum Gasteiger partial charge on any atom is -0.493 e. The van der Waals surface area contributed by atoms with Gasteiger partial charge in [-0.25, -0.2) is 0 Å². The minimum absolute atomic E-state index is 0.139. The molecule has 0 aliphatic carbocycles. The minimum atomic E-state index is -4.49. The molecule has 0 amide bonds. The number of amidine groups is 1. The highest BCUT2D eigenvalue weighted by atomic mass is 19.4. The largest absolute Gasteiger partial charge is 0.493 e. The monoisotopic (exact) mass is 427 g/mol. The highest BCUT2D eigenvalue weighted by Gasteiger charge is 2.35. The lowest BCUT2D eigenvalue weighted by Gasteiger charge is -2.23. The molecule has 2 aliphatic heterocycles. The van der Waals surface area contributed by atoms with E-state index in [4.69, 9.17) is 9.47 Å². The molecule has 1 unspecified atom stereocenters. The second-order valence-electron chi connectivity index (χ2n) is 6.87. The Balaban J connectivity index is 0.00000155. The summed E-state index contributed by atoms with van der Waals surface area (Å²) in [5, 5.41) is 6.55. The molecule has 0 radical (unpaired) electrons. The molecule has 30 heavy (non-hydrogen) atoms. The second kappa shape index (κ2) is 12.0. The number of benzene rings is 1. The molecule has 168 valence electrons. The van der Waals surface area contributed by atoms with Gasteiger partial charge in [0, 0.05) is 19.4 Å². The topological polar surface area (TPSA) is 54.9 Å². The number of nitrogens with zero attached hydrogens (tertiary/aromatic N) is 1. The summed E-state index contributed by atoms with van der Waals surface area (Å²) in [5.41, 5.74) is 0.364. The van der Waals surface area contributed by atoms with Gasteiger partial charge in [0.2, 0.25) is 0 Å². The summed E-state index contributed by atoms with van der Waals surface area (Å²) in [5.74, 6) is 0.651. The Morgan fingerprint density at radius 3 is 2.60 bits per heavy atom. The molecule has 0 saturated carbocycles. The Labute approximate surface area is 176 Å². The van der Waals surface area contributed by atoms with Gasteiger partial charge in [0.1, 0.15) is 11.6 Å². The third-order valence-electron chi connectivity index (χ3n) is 4.81. The summed E-state index contributed by atoms with van der Waals surface area (Å²) in [7, 11) is 1.59. The molecule has 0 aromatic heterocycles. The summed E-state index contributed by atoms with van der Waals surface area (Å²) in [4.78, 5) is 4.45. The van der Waals surface area contributed by atoms with Gasteiger partial charge >= 0.3 is 6.18 Å². The quantitative estimate of drug-likeness (QED) is 0.594. The number of nitrogens with one attached hydrogen (secondary N) is 2. The number of halogens is 3. The molecule has 0 bridgehead atoms. The molecule has 8 heteroatoms. The summed E-state index contributed by atoms with van der Waals surface area (Å²) < 4.78 is 51.1. The van der Waals surface area contributed by atoms with Crippen molar-refractivity contribution in [3.63, 3.8) is 0 Å². The number of methoxy groups -OCH3 is 1. The second-order valence-corrected chi connectivity index (χ2v) is 6.87. The zero-order valence-electron chi connectivity index (χ0n) is 17.9. The normalized spacial score (nSPS) is 18.7. The summed E-state index contributed by atoms with van der Waals surface area (Å²) in [6, 6.07) is 4.34. The number of hydrogen-bond donors (Lipinski definition) is 2. The van der Waals surface area contributed by atoms with Crippen molar-refractivity contribution < 1.29 is 22.6 Å². The molecule has 5 nitrogen and oxygen atoms in total. The molecule has 1 saturated heterocycles. The third-order valence-corrected chi connectivity index (χ3v) is 4.81. The molecule has 1 aromatic rings. The van der Waals surface area contributed by atoms with Gasteiger partial charge in [-0.3, -0.25) is 4.99 Å². The SMILES string of the molecule is CC.COCCCCOc1ccc(C2=CCN=C(C3CCCN3)N2)cc1C(F)(F)F. The van der Waals surface area contributed by atoms with Crippen LogP contribution in [0.5, 0.6) is 5.75 Å². The van der Waals surface area contributed by atoms with Crippen molar-refractivity contribution in [3.05, 3.63) is 35.4 Å². The van der Waals surface area contributed by atoms with E-state index in [1.165, 1.54) is 6.07 Å². The maximum Gasteiger partial charge on any atom is 0.419 e. The van der Waals surface area contributed by atoms with Crippen LogP contribution in [0.1, 0.15) is 50.7 Å². The van der Waals surface area contributed by atoms with E-state index in [-0.39, 0.29) is 18.4 Å². The molecule has 2 heterocycles.